The van der Waals surface area contributed by atoms with E-state index in [9.17, 15) is 4.79 Å². The lowest BCUT2D eigenvalue weighted by Crippen LogP contribution is -2.23. The summed E-state index contributed by atoms with van der Waals surface area (Å²) in [6, 6.07) is 10.2. The van der Waals surface area contributed by atoms with Crippen molar-refractivity contribution in [1.82, 2.24) is 14.9 Å². The van der Waals surface area contributed by atoms with Crippen molar-refractivity contribution in [1.29, 1.82) is 0 Å². The summed E-state index contributed by atoms with van der Waals surface area (Å²) >= 11 is 0. The molecule has 2 rings (SSSR count). The Bertz CT molecular complexity index is 656. The van der Waals surface area contributed by atoms with Crippen LogP contribution in [0.15, 0.2) is 48.8 Å². The van der Waals surface area contributed by atoms with Crippen LogP contribution in [0.4, 0.5) is 5.95 Å². The van der Waals surface area contributed by atoms with Crippen LogP contribution in [0.5, 0.6) is 0 Å². The summed E-state index contributed by atoms with van der Waals surface area (Å²) in [5, 5.41) is 11.3. The van der Waals surface area contributed by atoms with Gasteiger partial charge in [0, 0.05) is 31.0 Å². The summed E-state index contributed by atoms with van der Waals surface area (Å²) < 4.78 is 0. The maximum Gasteiger partial charge on any atom is 0.322 e. The highest BCUT2D eigenvalue weighted by atomic mass is 16.4. The van der Waals surface area contributed by atoms with Crippen LogP contribution in [-0.4, -0.2) is 45.6 Å². The molecule has 0 atom stereocenters. The van der Waals surface area contributed by atoms with E-state index < -0.39 is 5.97 Å². The minimum atomic E-state index is -0.940. The van der Waals surface area contributed by atoms with Crippen molar-refractivity contribution in [2.75, 3.05) is 25.0 Å². The third-order valence-electron chi connectivity index (χ3n) is 3.43. The van der Waals surface area contributed by atoms with Crippen molar-refractivity contribution in [3.05, 3.63) is 59.9 Å². The smallest absolute Gasteiger partial charge is 0.322 e. The highest BCUT2D eigenvalue weighted by Crippen LogP contribution is 2.06. The second-order valence-corrected chi connectivity index (χ2v) is 5.30. The molecule has 2 aromatic rings. The van der Waals surface area contributed by atoms with Gasteiger partial charge >= 0.3 is 5.97 Å². The zero-order chi connectivity index (χ0) is 17.2. The normalized spacial score (nSPS) is 11.1. The van der Waals surface area contributed by atoms with Crippen molar-refractivity contribution >= 4 is 18.0 Å². The molecule has 1 aromatic carbocycles. The van der Waals surface area contributed by atoms with Crippen molar-refractivity contribution in [3.63, 3.8) is 0 Å². The number of aliphatic carboxylic acids is 1. The van der Waals surface area contributed by atoms with Crippen LogP contribution < -0.4 is 5.32 Å². The van der Waals surface area contributed by atoms with Crippen LogP contribution in [0.2, 0.25) is 0 Å². The molecule has 0 aliphatic carbocycles. The Morgan fingerprint density at radius 2 is 1.96 bits per heavy atom. The molecule has 2 N–H and O–H groups in total. The molecule has 0 aliphatic rings. The zero-order valence-corrected chi connectivity index (χ0v) is 13.7. The number of nitrogens with zero attached hydrogens (tertiary/aromatic N) is 3. The molecule has 24 heavy (non-hydrogen) atoms. The maximum absolute atomic E-state index is 10.5. The van der Waals surface area contributed by atoms with Gasteiger partial charge in [-0.2, -0.15) is 0 Å². The van der Waals surface area contributed by atoms with Gasteiger partial charge < -0.3 is 10.4 Å². The van der Waals surface area contributed by atoms with Crippen LogP contribution in [0.1, 0.15) is 18.1 Å². The number of carboxylic acid groups (broad SMARTS) is 1. The summed E-state index contributed by atoms with van der Waals surface area (Å²) in [6.07, 6.45) is 7.70. The van der Waals surface area contributed by atoms with Crippen LogP contribution in [0.3, 0.4) is 0 Å². The van der Waals surface area contributed by atoms with E-state index in [1.807, 2.05) is 18.2 Å². The number of likely N-dealkylation sites (N-methyl/N-ethyl adjacent to an activating group) is 1. The van der Waals surface area contributed by atoms with E-state index in [4.69, 9.17) is 5.11 Å². The fraction of sp³-hybridized carbons (Fsp3) is 0.278. The molecule has 0 unspecified atom stereocenters. The van der Waals surface area contributed by atoms with E-state index in [0.717, 1.165) is 25.2 Å². The highest BCUT2D eigenvalue weighted by Gasteiger charge is 2.04. The molecule has 0 radical (unpaired) electrons. The van der Waals surface area contributed by atoms with Crippen molar-refractivity contribution in [3.8, 4) is 0 Å². The van der Waals surface area contributed by atoms with Crippen LogP contribution in [0.25, 0.3) is 6.08 Å². The second-order valence-electron chi connectivity index (χ2n) is 5.30. The monoisotopic (exact) mass is 326 g/mol. The van der Waals surface area contributed by atoms with Crippen LogP contribution >= 0.6 is 0 Å². The van der Waals surface area contributed by atoms with Gasteiger partial charge in [-0.25, -0.2) is 9.97 Å². The van der Waals surface area contributed by atoms with Crippen molar-refractivity contribution < 1.29 is 9.90 Å². The molecule has 0 fully saturated rings. The van der Waals surface area contributed by atoms with Gasteiger partial charge in [-0.1, -0.05) is 49.4 Å². The lowest BCUT2D eigenvalue weighted by molar-refractivity contribution is -0.134. The fourth-order valence-electron chi connectivity index (χ4n) is 2.15. The molecular weight excluding hydrogens is 304 g/mol. The molecule has 6 heteroatoms. The predicted molar refractivity (Wildman–Crippen MR) is 94.6 cm³/mol. The molecule has 6 nitrogen and oxygen atoms in total. The maximum atomic E-state index is 10.5. The number of hydrogen-bond acceptors (Lipinski definition) is 5. The number of anilines is 1. The number of carboxylic acids is 1. The lowest BCUT2D eigenvalue weighted by atomic mass is 10.2. The minimum absolute atomic E-state index is 0.190. The Hall–Kier alpha value is -2.73. The Morgan fingerprint density at radius 1 is 1.25 bits per heavy atom. The van der Waals surface area contributed by atoms with Gasteiger partial charge in [0.25, 0.3) is 0 Å². The first-order valence-corrected chi connectivity index (χ1v) is 7.88. The molecular formula is C18H22N4O2. The Morgan fingerprint density at radius 3 is 2.58 bits per heavy atom. The quantitative estimate of drug-likeness (QED) is 0.737. The fourth-order valence-corrected chi connectivity index (χ4v) is 2.15. The molecule has 0 spiro atoms. The average Bonchev–Trinajstić information content (AvgIpc) is 2.61. The molecule has 0 amide bonds. The Kier molecular flexibility index (Phi) is 6.91. The predicted octanol–water partition coefficient (Wildman–Crippen LogP) is 2.51. The van der Waals surface area contributed by atoms with Gasteiger partial charge in [-0.3, -0.25) is 9.69 Å². The number of benzene rings is 1. The summed E-state index contributed by atoms with van der Waals surface area (Å²) in [7, 11) is 0. The average molecular weight is 326 g/mol. The summed E-state index contributed by atoms with van der Waals surface area (Å²) in [5.41, 5.74) is 2.18. The molecule has 0 saturated heterocycles. The molecule has 1 aromatic heterocycles. The van der Waals surface area contributed by atoms with E-state index >= 15 is 0 Å². The molecule has 0 aliphatic heterocycles. The number of rotatable bonds is 9. The number of carbonyl (C=O) groups is 1. The van der Waals surface area contributed by atoms with Crippen LogP contribution in [-0.2, 0) is 11.3 Å². The van der Waals surface area contributed by atoms with Gasteiger partial charge in [-0.05, 0) is 12.1 Å². The van der Waals surface area contributed by atoms with Gasteiger partial charge in [0.05, 0.1) is 0 Å². The summed E-state index contributed by atoms with van der Waals surface area (Å²) in [5.74, 6) is -0.613. The zero-order valence-electron chi connectivity index (χ0n) is 13.7. The Labute approximate surface area is 141 Å². The third kappa shape index (κ3) is 6.18. The standard InChI is InChI=1S/C18H22N4O2/c1-2-22(10-6-9-15-7-4-3-5-8-15)14-16-11-19-18(20-12-16)21-13-17(23)24/h3-9,11-12H,2,10,13-14H2,1H3,(H,23,24)(H,19,20,21)/b9-6+. The Balaban J connectivity index is 1.85. The second kappa shape index (κ2) is 9.42. The molecule has 126 valence electrons. The van der Waals surface area contributed by atoms with E-state index in [0.29, 0.717) is 5.95 Å². The van der Waals surface area contributed by atoms with E-state index in [2.05, 4.69) is 51.4 Å². The molecule has 0 bridgehead atoms. The van der Waals surface area contributed by atoms with Gasteiger partial charge in [0.1, 0.15) is 6.54 Å². The minimum Gasteiger partial charge on any atom is -0.480 e. The molecule has 0 saturated carbocycles. The topological polar surface area (TPSA) is 78.4 Å². The van der Waals surface area contributed by atoms with E-state index in [1.165, 1.54) is 5.56 Å². The van der Waals surface area contributed by atoms with E-state index in [-0.39, 0.29) is 6.54 Å². The first-order chi connectivity index (χ1) is 11.7. The van der Waals surface area contributed by atoms with Gasteiger partial charge in [-0.15, -0.1) is 0 Å². The number of nitrogens with one attached hydrogen (secondary N) is 1. The lowest BCUT2D eigenvalue weighted by Gasteiger charge is -2.18. The van der Waals surface area contributed by atoms with Crippen molar-refractivity contribution in [2.45, 2.75) is 13.5 Å². The first-order valence-electron chi connectivity index (χ1n) is 7.88. The summed E-state index contributed by atoms with van der Waals surface area (Å²) in [4.78, 5) is 21.0. The van der Waals surface area contributed by atoms with Gasteiger partial charge in [0.2, 0.25) is 5.95 Å². The third-order valence-corrected chi connectivity index (χ3v) is 3.43. The van der Waals surface area contributed by atoms with Crippen molar-refractivity contribution in [2.24, 2.45) is 0 Å². The largest absolute Gasteiger partial charge is 0.480 e. The summed E-state index contributed by atoms with van der Waals surface area (Å²) in [6.45, 7) is 4.42. The van der Waals surface area contributed by atoms with Crippen LogP contribution in [0, 0.1) is 0 Å². The first kappa shape index (κ1) is 17.6. The number of aromatic nitrogens is 2. The number of hydrogen-bond donors (Lipinski definition) is 2. The van der Waals surface area contributed by atoms with Gasteiger partial charge in [0.15, 0.2) is 0 Å². The van der Waals surface area contributed by atoms with E-state index in [1.54, 1.807) is 12.4 Å². The highest BCUT2D eigenvalue weighted by molar-refractivity contribution is 5.71. The SMILES string of the molecule is CCN(C/C=C/c1ccccc1)Cc1cnc(NCC(=O)O)nc1. The molecule has 1 heterocycles.